The van der Waals surface area contributed by atoms with Crippen LogP contribution in [-0.4, -0.2) is 28.9 Å². The first kappa shape index (κ1) is 23.5. The van der Waals surface area contributed by atoms with E-state index in [1.807, 2.05) is 48.5 Å². The van der Waals surface area contributed by atoms with Gasteiger partial charge in [-0.3, -0.25) is 5.32 Å². The maximum absolute atomic E-state index is 12.4. The molecule has 2 aromatic heterocycles. The van der Waals surface area contributed by atoms with Crippen molar-refractivity contribution < 1.29 is 24.0 Å². The standard InChI is InChI=1S/C25H21ClN2O5S/c1-15-22(27-25(31)32-13-12-17-4-2-3-5-20(17)26)23(33-28-15)18-8-6-16(7-9-18)14-19-10-11-21(34-19)24(29)30/h2-11H,12-14H2,1H3,(H,27,31)(H,29,30). The van der Waals surface area contributed by atoms with Crippen molar-refractivity contribution in [1.29, 1.82) is 0 Å². The molecular weight excluding hydrogens is 476 g/mol. The summed E-state index contributed by atoms with van der Waals surface area (Å²) in [6, 6.07) is 18.4. The van der Waals surface area contributed by atoms with Gasteiger partial charge < -0.3 is 14.4 Å². The van der Waals surface area contributed by atoms with E-state index in [1.54, 1.807) is 19.1 Å². The molecule has 2 heterocycles. The van der Waals surface area contributed by atoms with E-state index in [0.29, 0.717) is 39.9 Å². The lowest BCUT2D eigenvalue weighted by Gasteiger charge is -2.08. The number of aromatic nitrogens is 1. The number of thiophene rings is 1. The summed E-state index contributed by atoms with van der Waals surface area (Å²) < 4.78 is 10.8. The molecule has 0 fully saturated rings. The van der Waals surface area contributed by atoms with E-state index >= 15 is 0 Å². The lowest BCUT2D eigenvalue weighted by molar-refractivity contribution is 0.0702. The summed E-state index contributed by atoms with van der Waals surface area (Å²) in [7, 11) is 0. The van der Waals surface area contributed by atoms with E-state index in [1.165, 1.54) is 11.3 Å². The van der Waals surface area contributed by atoms with Gasteiger partial charge in [0.25, 0.3) is 0 Å². The van der Waals surface area contributed by atoms with Gasteiger partial charge in [-0.15, -0.1) is 11.3 Å². The number of nitrogens with zero attached hydrogens (tertiary/aromatic N) is 1. The van der Waals surface area contributed by atoms with E-state index in [9.17, 15) is 9.59 Å². The molecule has 7 nitrogen and oxygen atoms in total. The van der Waals surface area contributed by atoms with Crippen molar-refractivity contribution in [2.75, 3.05) is 11.9 Å². The van der Waals surface area contributed by atoms with Crippen LogP contribution < -0.4 is 5.32 Å². The predicted octanol–water partition coefficient (Wildman–Crippen LogP) is 6.45. The van der Waals surface area contributed by atoms with Gasteiger partial charge in [-0.1, -0.05) is 59.2 Å². The van der Waals surface area contributed by atoms with Crippen molar-refractivity contribution >= 4 is 40.7 Å². The van der Waals surface area contributed by atoms with Crippen molar-refractivity contribution in [2.24, 2.45) is 0 Å². The molecule has 0 unspecified atom stereocenters. The van der Waals surface area contributed by atoms with Crippen molar-refractivity contribution in [3.05, 3.63) is 92.3 Å². The van der Waals surface area contributed by atoms with Gasteiger partial charge in [0.15, 0.2) is 5.76 Å². The highest BCUT2D eigenvalue weighted by Gasteiger charge is 2.18. The van der Waals surface area contributed by atoms with Crippen LogP contribution >= 0.6 is 22.9 Å². The molecule has 2 aromatic carbocycles. The highest BCUT2D eigenvalue weighted by atomic mass is 35.5. The van der Waals surface area contributed by atoms with E-state index in [-0.39, 0.29) is 6.61 Å². The van der Waals surface area contributed by atoms with Crippen LogP contribution in [0.25, 0.3) is 11.3 Å². The number of carboxylic acids is 1. The molecule has 174 valence electrons. The van der Waals surface area contributed by atoms with Crippen molar-refractivity contribution in [2.45, 2.75) is 19.8 Å². The van der Waals surface area contributed by atoms with Crippen LogP contribution in [0.4, 0.5) is 10.5 Å². The molecule has 34 heavy (non-hydrogen) atoms. The van der Waals surface area contributed by atoms with Gasteiger partial charge in [0.05, 0.1) is 6.61 Å². The van der Waals surface area contributed by atoms with Crippen molar-refractivity contribution in [1.82, 2.24) is 5.16 Å². The zero-order valence-corrected chi connectivity index (χ0v) is 19.8. The van der Waals surface area contributed by atoms with E-state index in [0.717, 1.165) is 21.6 Å². The number of hydrogen-bond acceptors (Lipinski definition) is 6. The second kappa shape index (κ2) is 10.5. The number of amides is 1. The highest BCUT2D eigenvalue weighted by molar-refractivity contribution is 7.13. The van der Waals surface area contributed by atoms with Gasteiger partial charge in [-0.2, -0.15) is 0 Å². The molecule has 9 heteroatoms. The Morgan fingerprint density at radius 3 is 2.59 bits per heavy atom. The van der Waals surface area contributed by atoms with Crippen LogP contribution in [-0.2, 0) is 17.6 Å². The molecule has 0 spiro atoms. The molecule has 4 rings (SSSR count). The summed E-state index contributed by atoms with van der Waals surface area (Å²) in [4.78, 5) is 24.7. The molecule has 0 aliphatic heterocycles. The molecule has 2 N–H and O–H groups in total. The lowest BCUT2D eigenvalue weighted by atomic mass is 10.1. The Kier molecular flexibility index (Phi) is 7.30. The molecule has 0 bridgehead atoms. The largest absolute Gasteiger partial charge is 0.477 e. The van der Waals surface area contributed by atoms with E-state index in [4.69, 9.17) is 26.0 Å². The average molecular weight is 497 g/mol. The minimum Gasteiger partial charge on any atom is -0.477 e. The van der Waals surface area contributed by atoms with Crippen LogP contribution in [0.15, 0.2) is 65.2 Å². The summed E-state index contributed by atoms with van der Waals surface area (Å²) >= 11 is 7.39. The number of benzene rings is 2. The molecule has 0 radical (unpaired) electrons. The Balaban J connectivity index is 1.39. The summed E-state index contributed by atoms with van der Waals surface area (Å²) in [5.74, 6) is -0.494. The zero-order valence-electron chi connectivity index (χ0n) is 18.2. The lowest BCUT2D eigenvalue weighted by Crippen LogP contribution is -2.16. The number of carbonyl (C=O) groups excluding carboxylic acids is 1. The third kappa shape index (κ3) is 5.65. The fraction of sp³-hybridized carbons (Fsp3) is 0.160. The monoisotopic (exact) mass is 496 g/mol. The fourth-order valence-corrected chi connectivity index (χ4v) is 4.48. The number of carbonyl (C=O) groups is 2. The van der Waals surface area contributed by atoms with E-state index in [2.05, 4.69) is 10.5 Å². The summed E-state index contributed by atoms with van der Waals surface area (Å²) in [6.45, 7) is 1.91. The number of carboxylic acid groups (broad SMARTS) is 1. The van der Waals surface area contributed by atoms with Crippen LogP contribution in [0, 0.1) is 6.92 Å². The molecule has 0 saturated heterocycles. The Labute approximate surface area is 204 Å². The molecule has 0 atom stereocenters. The quantitative estimate of drug-likeness (QED) is 0.291. The smallest absolute Gasteiger partial charge is 0.411 e. The number of ether oxygens (including phenoxy) is 1. The SMILES string of the molecule is Cc1noc(-c2ccc(Cc3ccc(C(=O)O)s3)cc2)c1NC(=O)OCCc1ccccc1Cl. The fourth-order valence-electron chi connectivity index (χ4n) is 3.37. The van der Waals surface area contributed by atoms with Gasteiger partial charge in [-0.05, 0) is 36.2 Å². The predicted molar refractivity (Wildman–Crippen MR) is 131 cm³/mol. The van der Waals surface area contributed by atoms with Gasteiger partial charge in [0.1, 0.15) is 16.3 Å². The normalized spacial score (nSPS) is 10.8. The molecule has 1 amide bonds. The van der Waals surface area contributed by atoms with E-state index < -0.39 is 12.1 Å². The Hall–Kier alpha value is -3.62. The van der Waals surface area contributed by atoms with Crippen LogP contribution in [0.3, 0.4) is 0 Å². The zero-order chi connectivity index (χ0) is 24.1. The molecule has 4 aromatic rings. The molecule has 0 saturated carbocycles. The highest BCUT2D eigenvalue weighted by Crippen LogP contribution is 2.31. The number of aryl methyl sites for hydroxylation is 1. The van der Waals surface area contributed by atoms with Crippen LogP contribution in [0.5, 0.6) is 0 Å². The van der Waals surface area contributed by atoms with Gasteiger partial charge in [-0.25, -0.2) is 9.59 Å². The first-order chi connectivity index (χ1) is 16.4. The number of nitrogens with one attached hydrogen (secondary N) is 1. The minimum atomic E-state index is -0.922. The third-order valence-electron chi connectivity index (χ3n) is 5.12. The Bertz CT molecular complexity index is 1310. The molecular formula is C25H21ClN2O5S. The number of hydrogen-bond donors (Lipinski definition) is 2. The molecule has 0 aliphatic rings. The molecule has 0 aliphatic carbocycles. The summed E-state index contributed by atoms with van der Waals surface area (Å²) in [6.07, 6.45) is 0.516. The summed E-state index contributed by atoms with van der Waals surface area (Å²) in [5.41, 5.74) is 3.64. The third-order valence-corrected chi connectivity index (χ3v) is 6.56. The maximum atomic E-state index is 12.4. The number of aromatic carboxylic acids is 1. The van der Waals surface area contributed by atoms with Crippen LogP contribution in [0.1, 0.15) is 31.4 Å². The second-order valence-corrected chi connectivity index (χ2v) is 9.09. The number of rotatable bonds is 8. The summed E-state index contributed by atoms with van der Waals surface area (Å²) in [5, 5.41) is 16.4. The number of halogens is 1. The minimum absolute atomic E-state index is 0.177. The van der Waals surface area contributed by atoms with Crippen molar-refractivity contribution in [3.63, 3.8) is 0 Å². The number of anilines is 1. The van der Waals surface area contributed by atoms with Crippen LogP contribution in [0.2, 0.25) is 5.02 Å². The van der Waals surface area contributed by atoms with Gasteiger partial charge in [0.2, 0.25) is 0 Å². The Morgan fingerprint density at radius 1 is 1.12 bits per heavy atom. The first-order valence-corrected chi connectivity index (χ1v) is 11.6. The first-order valence-electron chi connectivity index (χ1n) is 10.5. The average Bonchev–Trinajstić information content (AvgIpc) is 3.43. The van der Waals surface area contributed by atoms with Crippen molar-refractivity contribution in [3.8, 4) is 11.3 Å². The van der Waals surface area contributed by atoms with Gasteiger partial charge >= 0.3 is 12.1 Å². The topological polar surface area (TPSA) is 102 Å². The Morgan fingerprint density at radius 2 is 1.88 bits per heavy atom. The maximum Gasteiger partial charge on any atom is 0.411 e. The second-order valence-electron chi connectivity index (χ2n) is 7.52. The van der Waals surface area contributed by atoms with Gasteiger partial charge in [0, 0.05) is 28.3 Å².